The van der Waals surface area contributed by atoms with Crippen molar-refractivity contribution in [2.45, 2.75) is 38.6 Å². The molecule has 0 spiro atoms. The number of hydrogen-bond acceptors (Lipinski definition) is 2. The second-order valence-electron chi connectivity index (χ2n) is 3.92. The zero-order valence-corrected chi connectivity index (χ0v) is 9.94. The molecule has 1 aromatic rings. The van der Waals surface area contributed by atoms with E-state index in [2.05, 4.69) is 39.6 Å². The van der Waals surface area contributed by atoms with Crippen molar-refractivity contribution in [2.24, 2.45) is 5.92 Å². The van der Waals surface area contributed by atoms with Crippen LogP contribution in [0, 0.1) is 9.75 Å². The number of hydrogen-bond donors (Lipinski definition) is 0. The molecule has 2 rings (SSSR count). The Labute approximate surface area is 92.1 Å². The van der Waals surface area contributed by atoms with Crippen molar-refractivity contribution in [1.82, 2.24) is 14.8 Å². The molecule has 3 nitrogen and oxygen atoms in total. The fraction of sp³-hybridized carbons (Fsp3) is 0.778. The monoisotopic (exact) mass is 291 g/mol. The molecule has 13 heavy (non-hydrogen) atoms. The van der Waals surface area contributed by atoms with E-state index in [1.54, 1.807) is 0 Å². The zero-order chi connectivity index (χ0) is 9.26. The van der Waals surface area contributed by atoms with Crippen molar-refractivity contribution < 1.29 is 0 Å². The maximum Gasteiger partial charge on any atom is 0.211 e. The normalized spacial score (nSPS) is 29.1. The minimum atomic E-state index is 0.597. The molecule has 0 N–H and O–H groups in total. The first-order valence-corrected chi connectivity index (χ1v) is 5.90. The number of rotatable bonds is 1. The minimum absolute atomic E-state index is 0.597. The topological polar surface area (TPSA) is 30.7 Å². The maximum atomic E-state index is 4.36. The van der Waals surface area contributed by atoms with Crippen LogP contribution >= 0.6 is 22.6 Å². The molecular formula is C9H14IN3. The molecule has 1 aromatic heterocycles. The first-order valence-electron chi connectivity index (χ1n) is 4.82. The number of nitrogens with zero attached hydrogens (tertiary/aromatic N) is 3. The molecule has 0 aliphatic heterocycles. The summed E-state index contributed by atoms with van der Waals surface area (Å²) < 4.78 is 2.90. The van der Waals surface area contributed by atoms with Crippen molar-refractivity contribution in [1.29, 1.82) is 0 Å². The summed E-state index contributed by atoms with van der Waals surface area (Å²) in [5.41, 5.74) is 0. The number of halogens is 1. The number of aromatic nitrogens is 3. The Kier molecular flexibility index (Phi) is 2.86. The molecule has 2 unspecified atom stereocenters. The van der Waals surface area contributed by atoms with Crippen LogP contribution in [0.1, 0.15) is 38.6 Å². The van der Waals surface area contributed by atoms with Crippen LogP contribution in [0.25, 0.3) is 0 Å². The van der Waals surface area contributed by atoms with E-state index in [1.807, 2.05) is 11.0 Å². The lowest BCUT2D eigenvalue weighted by Crippen LogP contribution is -2.18. The molecule has 1 aliphatic carbocycles. The van der Waals surface area contributed by atoms with Gasteiger partial charge in [0, 0.05) is 22.6 Å². The van der Waals surface area contributed by atoms with Gasteiger partial charge in [0.05, 0.1) is 6.04 Å². The fourth-order valence-corrected chi connectivity index (χ4v) is 2.45. The Hall–Kier alpha value is -0.130. The minimum Gasteiger partial charge on any atom is -0.249 e. The van der Waals surface area contributed by atoms with Gasteiger partial charge in [0.25, 0.3) is 0 Å². The molecule has 1 aliphatic rings. The van der Waals surface area contributed by atoms with Crippen LogP contribution in [0.3, 0.4) is 0 Å². The van der Waals surface area contributed by atoms with Crippen molar-refractivity contribution in [3.8, 4) is 0 Å². The molecule has 1 fully saturated rings. The lowest BCUT2D eigenvalue weighted by atomic mass is 9.87. The lowest BCUT2D eigenvalue weighted by Gasteiger charge is -2.26. The second kappa shape index (κ2) is 3.94. The van der Waals surface area contributed by atoms with Gasteiger partial charge in [0.2, 0.25) is 3.83 Å². The van der Waals surface area contributed by atoms with E-state index >= 15 is 0 Å². The quantitative estimate of drug-likeness (QED) is 0.745. The predicted octanol–water partition coefficient (Wildman–Crippen LogP) is 2.63. The second-order valence-corrected chi connectivity index (χ2v) is 4.88. The van der Waals surface area contributed by atoms with Crippen LogP contribution in [0.5, 0.6) is 0 Å². The Morgan fingerprint density at radius 3 is 3.00 bits per heavy atom. The third kappa shape index (κ3) is 2.21. The van der Waals surface area contributed by atoms with Crippen LogP contribution < -0.4 is 0 Å². The Balaban J connectivity index is 2.08. The molecule has 2 atom stereocenters. The highest BCUT2D eigenvalue weighted by Crippen LogP contribution is 2.31. The summed E-state index contributed by atoms with van der Waals surface area (Å²) in [4.78, 5) is 4.16. The molecule has 0 radical (unpaired) electrons. The molecule has 0 saturated heterocycles. The van der Waals surface area contributed by atoms with E-state index in [4.69, 9.17) is 0 Å². The summed E-state index contributed by atoms with van der Waals surface area (Å²) in [6.07, 6.45) is 7.11. The van der Waals surface area contributed by atoms with Gasteiger partial charge in [-0.1, -0.05) is 19.8 Å². The molecular weight excluding hydrogens is 277 g/mol. The van der Waals surface area contributed by atoms with Crippen molar-refractivity contribution in [3.05, 3.63) is 10.2 Å². The van der Waals surface area contributed by atoms with E-state index in [0.29, 0.717) is 6.04 Å². The highest BCUT2D eigenvalue weighted by Gasteiger charge is 2.20. The summed E-state index contributed by atoms with van der Waals surface area (Å²) in [5, 5.41) is 4.36. The largest absolute Gasteiger partial charge is 0.249 e. The summed E-state index contributed by atoms with van der Waals surface area (Å²) >= 11 is 2.16. The van der Waals surface area contributed by atoms with Crippen LogP contribution in [-0.4, -0.2) is 14.8 Å². The summed E-state index contributed by atoms with van der Waals surface area (Å²) in [7, 11) is 0. The highest BCUT2D eigenvalue weighted by molar-refractivity contribution is 14.1. The fourth-order valence-electron chi connectivity index (χ4n) is 2.07. The third-order valence-electron chi connectivity index (χ3n) is 2.76. The standard InChI is InChI=1S/C9H14IN3/c1-7-3-2-4-8(5-7)13-6-11-9(10)12-13/h6-8H,2-5H2,1H3. The van der Waals surface area contributed by atoms with Gasteiger partial charge in [-0.2, -0.15) is 0 Å². The first-order chi connectivity index (χ1) is 6.25. The summed E-state index contributed by atoms with van der Waals surface area (Å²) in [6.45, 7) is 2.33. The molecule has 1 heterocycles. The lowest BCUT2D eigenvalue weighted by molar-refractivity contribution is 0.265. The van der Waals surface area contributed by atoms with Crippen LogP contribution in [-0.2, 0) is 0 Å². The molecule has 72 valence electrons. The van der Waals surface area contributed by atoms with Gasteiger partial charge in [-0.25, -0.2) is 9.67 Å². The van der Waals surface area contributed by atoms with E-state index in [9.17, 15) is 0 Å². The van der Waals surface area contributed by atoms with Crippen molar-refractivity contribution >= 4 is 22.6 Å². The average molecular weight is 291 g/mol. The van der Waals surface area contributed by atoms with Crippen LogP contribution in [0.2, 0.25) is 0 Å². The van der Waals surface area contributed by atoms with E-state index in [0.717, 1.165) is 9.75 Å². The Morgan fingerprint density at radius 2 is 2.38 bits per heavy atom. The Morgan fingerprint density at radius 1 is 1.54 bits per heavy atom. The van der Waals surface area contributed by atoms with Crippen molar-refractivity contribution in [3.63, 3.8) is 0 Å². The van der Waals surface area contributed by atoms with Crippen molar-refractivity contribution in [2.75, 3.05) is 0 Å². The van der Waals surface area contributed by atoms with Gasteiger partial charge in [-0.15, -0.1) is 5.10 Å². The zero-order valence-electron chi connectivity index (χ0n) is 7.78. The van der Waals surface area contributed by atoms with Gasteiger partial charge in [0.15, 0.2) is 0 Å². The van der Waals surface area contributed by atoms with Gasteiger partial charge < -0.3 is 0 Å². The van der Waals surface area contributed by atoms with E-state index < -0.39 is 0 Å². The maximum absolute atomic E-state index is 4.36. The van der Waals surface area contributed by atoms with Crippen LogP contribution in [0.4, 0.5) is 0 Å². The first kappa shape index (κ1) is 9.43. The molecule has 4 heteroatoms. The predicted molar refractivity (Wildman–Crippen MR) is 59.4 cm³/mol. The Bertz CT molecular complexity index is 284. The third-order valence-corrected chi connectivity index (χ3v) is 3.26. The van der Waals surface area contributed by atoms with E-state index in [1.165, 1.54) is 25.7 Å². The van der Waals surface area contributed by atoms with E-state index in [-0.39, 0.29) is 0 Å². The van der Waals surface area contributed by atoms with Gasteiger partial charge in [0.1, 0.15) is 6.33 Å². The smallest absolute Gasteiger partial charge is 0.211 e. The average Bonchev–Trinajstić information content (AvgIpc) is 2.52. The molecule has 0 bridgehead atoms. The SMILES string of the molecule is CC1CCCC(n2cnc(I)n2)C1. The van der Waals surface area contributed by atoms with Gasteiger partial charge in [-0.3, -0.25) is 0 Å². The highest BCUT2D eigenvalue weighted by atomic mass is 127. The molecule has 0 amide bonds. The van der Waals surface area contributed by atoms with Crippen LogP contribution in [0.15, 0.2) is 6.33 Å². The summed E-state index contributed by atoms with van der Waals surface area (Å²) in [5.74, 6) is 0.848. The molecule has 0 aromatic carbocycles. The summed E-state index contributed by atoms with van der Waals surface area (Å²) in [6, 6.07) is 0.597. The van der Waals surface area contributed by atoms with Gasteiger partial charge >= 0.3 is 0 Å². The van der Waals surface area contributed by atoms with Gasteiger partial charge in [-0.05, 0) is 18.8 Å². The molecule has 1 saturated carbocycles.